The van der Waals surface area contributed by atoms with E-state index in [0.29, 0.717) is 13.2 Å². The van der Waals surface area contributed by atoms with Crippen LogP contribution in [0.1, 0.15) is 11.1 Å². The number of benzene rings is 5. The first-order valence-electron chi connectivity index (χ1n) is 9.33. The Morgan fingerprint density at radius 2 is 1.07 bits per heavy atom. The van der Waals surface area contributed by atoms with Crippen LogP contribution in [0.15, 0.2) is 97.1 Å². The largest absolute Gasteiger partial charge is 0.372 e. The molecule has 0 spiro atoms. The first kappa shape index (κ1) is 16.0. The second-order valence-corrected chi connectivity index (χ2v) is 6.97. The molecule has 0 N–H and O–H groups in total. The smallest absolute Gasteiger partial charge is 0.0733 e. The van der Waals surface area contributed by atoms with E-state index in [1.807, 2.05) is 0 Å². The lowest BCUT2D eigenvalue weighted by molar-refractivity contribution is 0.109. The van der Waals surface area contributed by atoms with Crippen LogP contribution in [0.5, 0.6) is 0 Å². The van der Waals surface area contributed by atoms with Crippen LogP contribution >= 0.6 is 0 Å². The summed E-state index contributed by atoms with van der Waals surface area (Å²) in [4.78, 5) is 0. The Bertz CT molecular complexity index is 1200. The zero-order valence-corrected chi connectivity index (χ0v) is 15.1. The fourth-order valence-electron chi connectivity index (χ4n) is 3.86. The summed E-state index contributed by atoms with van der Waals surface area (Å²) in [5.41, 5.74) is 2.47. The molecule has 0 fully saturated rings. The summed E-state index contributed by atoms with van der Waals surface area (Å²) >= 11 is 0. The van der Waals surface area contributed by atoms with Crippen molar-refractivity contribution in [3.63, 3.8) is 0 Å². The molecule has 0 bridgehead atoms. The van der Waals surface area contributed by atoms with E-state index in [4.69, 9.17) is 4.74 Å². The van der Waals surface area contributed by atoms with Crippen molar-refractivity contribution in [1.82, 2.24) is 0 Å². The molecule has 0 aliphatic carbocycles. The maximum absolute atomic E-state index is 6.17. The second-order valence-electron chi connectivity index (χ2n) is 6.97. The third-order valence-corrected chi connectivity index (χ3v) is 5.21. The van der Waals surface area contributed by atoms with E-state index < -0.39 is 0 Å². The SMILES string of the molecule is c1ccc2cc(COCc3c4ccccc4cc4ccccc34)ccc2c1. The molecule has 5 aromatic rings. The molecule has 27 heavy (non-hydrogen) atoms. The molecule has 5 rings (SSSR count). The van der Waals surface area contributed by atoms with Gasteiger partial charge in [0, 0.05) is 0 Å². The second kappa shape index (κ2) is 6.86. The highest BCUT2D eigenvalue weighted by molar-refractivity contribution is 6.02. The fourth-order valence-corrected chi connectivity index (χ4v) is 3.86. The highest BCUT2D eigenvalue weighted by Gasteiger charge is 2.08. The van der Waals surface area contributed by atoms with Crippen molar-refractivity contribution >= 4 is 32.3 Å². The van der Waals surface area contributed by atoms with Crippen LogP contribution in [0.4, 0.5) is 0 Å². The van der Waals surface area contributed by atoms with Gasteiger partial charge in [0.25, 0.3) is 0 Å². The topological polar surface area (TPSA) is 9.23 Å². The minimum Gasteiger partial charge on any atom is -0.372 e. The van der Waals surface area contributed by atoms with Crippen molar-refractivity contribution < 1.29 is 4.74 Å². The summed E-state index contributed by atoms with van der Waals surface area (Å²) in [6.07, 6.45) is 0. The van der Waals surface area contributed by atoms with Crippen LogP contribution in [-0.2, 0) is 18.0 Å². The normalized spacial score (nSPS) is 11.4. The average Bonchev–Trinajstić information content (AvgIpc) is 2.73. The Morgan fingerprint density at radius 3 is 1.78 bits per heavy atom. The van der Waals surface area contributed by atoms with E-state index in [-0.39, 0.29) is 0 Å². The summed E-state index contributed by atoms with van der Waals surface area (Å²) in [5.74, 6) is 0. The summed E-state index contributed by atoms with van der Waals surface area (Å²) in [6, 6.07) is 34.4. The first-order chi connectivity index (χ1) is 13.4. The quantitative estimate of drug-likeness (QED) is 0.322. The molecule has 0 aromatic heterocycles. The molecule has 0 aliphatic heterocycles. The highest BCUT2D eigenvalue weighted by Crippen LogP contribution is 2.29. The van der Waals surface area contributed by atoms with Crippen LogP contribution < -0.4 is 0 Å². The van der Waals surface area contributed by atoms with E-state index in [0.717, 1.165) is 0 Å². The van der Waals surface area contributed by atoms with Gasteiger partial charge < -0.3 is 4.74 Å². The summed E-state index contributed by atoms with van der Waals surface area (Å²) in [6.45, 7) is 1.22. The standard InChI is InChI=1S/C26H20O/c1-2-8-21-15-19(13-14-20(21)7-1)17-27-18-26-24-11-5-3-9-22(24)16-23-10-4-6-12-25(23)26/h1-16H,17-18H2. The molecule has 5 aromatic carbocycles. The molecule has 0 aliphatic rings. The van der Waals surface area contributed by atoms with Gasteiger partial charge in [0.1, 0.15) is 0 Å². The number of ether oxygens (including phenoxy) is 1. The van der Waals surface area contributed by atoms with Gasteiger partial charge in [0.15, 0.2) is 0 Å². The van der Waals surface area contributed by atoms with Gasteiger partial charge in [-0.15, -0.1) is 0 Å². The van der Waals surface area contributed by atoms with Crippen molar-refractivity contribution in [3.8, 4) is 0 Å². The molecule has 0 unspecified atom stereocenters. The molecule has 0 atom stereocenters. The molecule has 0 saturated carbocycles. The number of hydrogen-bond acceptors (Lipinski definition) is 1. The third-order valence-electron chi connectivity index (χ3n) is 5.21. The Kier molecular flexibility index (Phi) is 4.08. The van der Waals surface area contributed by atoms with Crippen LogP contribution in [-0.4, -0.2) is 0 Å². The van der Waals surface area contributed by atoms with Gasteiger partial charge in [-0.2, -0.15) is 0 Å². The third kappa shape index (κ3) is 3.07. The van der Waals surface area contributed by atoms with Gasteiger partial charge in [0.05, 0.1) is 13.2 Å². The lowest BCUT2D eigenvalue weighted by Crippen LogP contribution is -1.97. The lowest BCUT2D eigenvalue weighted by Gasteiger charge is -2.12. The number of fused-ring (bicyclic) bond motifs is 3. The Labute approximate surface area is 158 Å². The van der Waals surface area contributed by atoms with E-state index in [1.165, 1.54) is 43.4 Å². The maximum atomic E-state index is 6.17. The van der Waals surface area contributed by atoms with Gasteiger partial charge in [-0.05, 0) is 55.6 Å². The van der Waals surface area contributed by atoms with Crippen LogP contribution in [0.2, 0.25) is 0 Å². The molecule has 0 heterocycles. The molecule has 1 nitrogen and oxygen atoms in total. The van der Waals surface area contributed by atoms with Gasteiger partial charge in [-0.3, -0.25) is 0 Å². The van der Waals surface area contributed by atoms with E-state index in [2.05, 4.69) is 97.1 Å². The van der Waals surface area contributed by atoms with Crippen LogP contribution in [0, 0.1) is 0 Å². The molecular weight excluding hydrogens is 328 g/mol. The highest BCUT2D eigenvalue weighted by atomic mass is 16.5. The van der Waals surface area contributed by atoms with Crippen molar-refractivity contribution in [2.24, 2.45) is 0 Å². The number of rotatable bonds is 4. The predicted molar refractivity (Wildman–Crippen MR) is 114 cm³/mol. The molecule has 130 valence electrons. The Morgan fingerprint density at radius 1 is 0.481 bits per heavy atom. The van der Waals surface area contributed by atoms with Gasteiger partial charge in [-0.25, -0.2) is 0 Å². The van der Waals surface area contributed by atoms with Crippen molar-refractivity contribution in [2.75, 3.05) is 0 Å². The summed E-state index contributed by atoms with van der Waals surface area (Å²) in [5, 5.41) is 7.60. The monoisotopic (exact) mass is 348 g/mol. The zero-order chi connectivity index (χ0) is 18.1. The molecule has 0 radical (unpaired) electrons. The molecule has 0 amide bonds. The van der Waals surface area contributed by atoms with Crippen LogP contribution in [0.3, 0.4) is 0 Å². The Balaban J connectivity index is 1.46. The summed E-state index contributed by atoms with van der Waals surface area (Å²) < 4.78 is 6.17. The predicted octanol–water partition coefficient (Wildman–Crippen LogP) is 6.86. The van der Waals surface area contributed by atoms with Crippen LogP contribution in [0.25, 0.3) is 32.3 Å². The van der Waals surface area contributed by atoms with Crippen molar-refractivity contribution in [2.45, 2.75) is 13.2 Å². The van der Waals surface area contributed by atoms with Crippen molar-refractivity contribution in [3.05, 3.63) is 108 Å². The zero-order valence-electron chi connectivity index (χ0n) is 15.1. The minimum atomic E-state index is 0.606. The van der Waals surface area contributed by atoms with Gasteiger partial charge >= 0.3 is 0 Å². The molecule has 0 saturated heterocycles. The van der Waals surface area contributed by atoms with Gasteiger partial charge in [-0.1, -0.05) is 84.9 Å². The van der Waals surface area contributed by atoms with Crippen molar-refractivity contribution in [1.29, 1.82) is 0 Å². The van der Waals surface area contributed by atoms with Gasteiger partial charge in [0.2, 0.25) is 0 Å². The number of hydrogen-bond donors (Lipinski definition) is 0. The first-order valence-corrected chi connectivity index (χ1v) is 9.33. The lowest BCUT2D eigenvalue weighted by atomic mass is 9.97. The van der Waals surface area contributed by atoms with E-state index >= 15 is 0 Å². The van der Waals surface area contributed by atoms with E-state index in [9.17, 15) is 0 Å². The fraction of sp³-hybridized carbons (Fsp3) is 0.0769. The maximum Gasteiger partial charge on any atom is 0.0733 e. The molecule has 1 heteroatoms. The Hall–Kier alpha value is -3.16. The van der Waals surface area contributed by atoms with E-state index in [1.54, 1.807) is 0 Å². The summed E-state index contributed by atoms with van der Waals surface area (Å²) in [7, 11) is 0. The molecular formula is C26H20O. The minimum absolute atomic E-state index is 0.606. The average molecular weight is 348 g/mol.